The van der Waals surface area contributed by atoms with Gasteiger partial charge in [-0.25, -0.2) is 16.8 Å². The van der Waals surface area contributed by atoms with Crippen molar-refractivity contribution in [1.29, 1.82) is 0 Å². The Morgan fingerprint density at radius 3 is 1.74 bits per heavy atom. The van der Waals surface area contributed by atoms with E-state index in [0.29, 0.717) is 6.42 Å². The van der Waals surface area contributed by atoms with E-state index in [1.54, 1.807) is 24.3 Å². The summed E-state index contributed by atoms with van der Waals surface area (Å²) in [5.41, 5.74) is 1.88. The van der Waals surface area contributed by atoms with E-state index in [0.717, 1.165) is 29.4 Å². The van der Waals surface area contributed by atoms with Gasteiger partial charge in [-0.05, 0) is 51.0 Å². The Labute approximate surface area is 162 Å². The number of allylic oxidation sites excluding steroid dienone is 1. The van der Waals surface area contributed by atoms with Crippen molar-refractivity contribution >= 4 is 19.7 Å². The molecule has 0 bridgehead atoms. The number of unbranched alkanes of at least 4 members (excludes halogenated alkanes) is 2. The Bertz CT molecular complexity index is 999. The van der Waals surface area contributed by atoms with Gasteiger partial charge < -0.3 is 0 Å². The molecule has 0 aliphatic heterocycles. The van der Waals surface area contributed by atoms with Crippen LogP contribution in [0.25, 0.3) is 0 Å². The van der Waals surface area contributed by atoms with Crippen LogP contribution in [0.1, 0.15) is 43.7 Å². The fraction of sp³-hybridized carbons (Fsp3) is 0.333. The minimum atomic E-state index is -3.87. The van der Waals surface area contributed by atoms with Gasteiger partial charge in [0.25, 0.3) is 0 Å². The molecule has 27 heavy (non-hydrogen) atoms. The fourth-order valence-corrected chi connectivity index (χ4v) is 5.86. The molecule has 146 valence electrons. The van der Waals surface area contributed by atoms with E-state index < -0.39 is 19.7 Å². The van der Waals surface area contributed by atoms with Gasteiger partial charge in [0, 0.05) is 0 Å². The third-order valence-electron chi connectivity index (χ3n) is 4.34. The van der Waals surface area contributed by atoms with Crippen molar-refractivity contribution < 1.29 is 16.8 Å². The molecule has 0 radical (unpaired) electrons. The third kappa shape index (κ3) is 5.53. The number of hydrogen-bond acceptors (Lipinski definition) is 4. The second-order valence-corrected chi connectivity index (χ2v) is 10.5. The molecule has 2 aromatic carbocycles. The van der Waals surface area contributed by atoms with Crippen molar-refractivity contribution in [3.63, 3.8) is 0 Å². The van der Waals surface area contributed by atoms with E-state index in [4.69, 9.17) is 0 Å². The summed E-state index contributed by atoms with van der Waals surface area (Å²) in [6, 6.07) is 12.9. The van der Waals surface area contributed by atoms with Gasteiger partial charge in [-0.3, -0.25) is 0 Å². The van der Waals surface area contributed by atoms with Gasteiger partial charge in [-0.15, -0.1) is 0 Å². The number of rotatable bonds is 8. The highest BCUT2D eigenvalue weighted by molar-refractivity contribution is 7.98. The second-order valence-electron chi connectivity index (χ2n) is 6.72. The lowest BCUT2D eigenvalue weighted by molar-refractivity contribution is 0.594. The first-order valence-electron chi connectivity index (χ1n) is 9.01. The molecule has 2 aromatic rings. The topological polar surface area (TPSA) is 68.3 Å². The molecule has 0 atom stereocenters. The first-order valence-corrected chi connectivity index (χ1v) is 12.0. The molecule has 6 heteroatoms. The lowest BCUT2D eigenvalue weighted by Crippen LogP contribution is -2.09. The Kier molecular flexibility index (Phi) is 7.00. The predicted octanol–water partition coefficient (Wildman–Crippen LogP) is 4.97. The molecule has 0 heterocycles. The maximum atomic E-state index is 13.1. The molecular weight excluding hydrogens is 380 g/mol. The van der Waals surface area contributed by atoms with Crippen LogP contribution in [0.5, 0.6) is 0 Å². The standard InChI is InChI=1S/C21H26O4S2/c1-4-5-6-7-21(27(24,25)20-14-10-18(3)11-15-20)16-26(22,23)19-12-8-17(2)9-13-19/h8-16H,4-7H2,1-3H3. The largest absolute Gasteiger partial charge is 0.219 e. The van der Waals surface area contributed by atoms with E-state index in [1.165, 1.54) is 24.3 Å². The van der Waals surface area contributed by atoms with Crippen LogP contribution in [-0.4, -0.2) is 16.8 Å². The number of aryl methyl sites for hydroxylation is 2. The maximum absolute atomic E-state index is 13.1. The van der Waals surface area contributed by atoms with E-state index >= 15 is 0 Å². The Morgan fingerprint density at radius 2 is 1.26 bits per heavy atom. The molecule has 0 aromatic heterocycles. The molecule has 0 unspecified atom stereocenters. The Morgan fingerprint density at radius 1 is 0.778 bits per heavy atom. The molecule has 0 aliphatic carbocycles. The average Bonchev–Trinajstić information content (AvgIpc) is 2.61. The quantitative estimate of drug-likeness (QED) is 0.580. The third-order valence-corrected chi connectivity index (χ3v) is 7.92. The van der Waals surface area contributed by atoms with Gasteiger partial charge >= 0.3 is 0 Å². The highest BCUT2D eigenvalue weighted by Crippen LogP contribution is 2.27. The maximum Gasteiger partial charge on any atom is 0.203 e. The average molecular weight is 407 g/mol. The zero-order chi connectivity index (χ0) is 20.1. The van der Waals surface area contributed by atoms with Crippen LogP contribution in [0, 0.1) is 13.8 Å². The molecule has 4 nitrogen and oxygen atoms in total. The van der Waals surface area contributed by atoms with Gasteiger partial charge in [0.2, 0.25) is 19.7 Å². The zero-order valence-electron chi connectivity index (χ0n) is 16.0. The lowest BCUT2D eigenvalue weighted by atomic mass is 10.2. The zero-order valence-corrected chi connectivity index (χ0v) is 17.6. The van der Waals surface area contributed by atoms with Gasteiger partial charge in [0.1, 0.15) is 0 Å². The summed E-state index contributed by atoms with van der Waals surface area (Å²) in [6.45, 7) is 5.75. The van der Waals surface area contributed by atoms with Crippen molar-refractivity contribution in [3.8, 4) is 0 Å². The molecule has 0 saturated carbocycles. The SMILES string of the molecule is CCCCCC(=CS(=O)(=O)c1ccc(C)cc1)S(=O)(=O)c1ccc(C)cc1. The van der Waals surface area contributed by atoms with E-state index in [-0.39, 0.29) is 21.1 Å². The summed E-state index contributed by atoms with van der Waals surface area (Å²) in [6.07, 6.45) is 2.58. The Balaban J connectivity index is 2.51. The van der Waals surface area contributed by atoms with Crippen LogP contribution in [0.15, 0.2) is 68.6 Å². The Hall–Kier alpha value is -1.92. The number of sulfone groups is 2. The predicted molar refractivity (Wildman–Crippen MR) is 109 cm³/mol. The van der Waals surface area contributed by atoms with Crippen LogP contribution >= 0.6 is 0 Å². The van der Waals surface area contributed by atoms with E-state index in [9.17, 15) is 16.8 Å². The summed E-state index contributed by atoms with van der Waals surface area (Å²) in [4.78, 5) is 0.163. The summed E-state index contributed by atoms with van der Waals surface area (Å²) < 4.78 is 51.7. The van der Waals surface area contributed by atoms with Crippen LogP contribution < -0.4 is 0 Å². The van der Waals surface area contributed by atoms with E-state index in [2.05, 4.69) is 0 Å². The van der Waals surface area contributed by atoms with Crippen LogP contribution in [-0.2, 0) is 19.7 Å². The molecule has 0 aliphatic rings. The van der Waals surface area contributed by atoms with Crippen LogP contribution in [0.4, 0.5) is 0 Å². The van der Waals surface area contributed by atoms with Gasteiger partial charge in [0.05, 0.1) is 20.1 Å². The highest BCUT2D eigenvalue weighted by Gasteiger charge is 2.24. The van der Waals surface area contributed by atoms with E-state index in [1.807, 2.05) is 20.8 Å². The van der Waals surface area contributed by atoms with Crippen LogP contribution in [0.2, 0.25) is 0 Å². The smallest absolute Gasteiger partial charge is 0.203 e. The molecule has 0 fully saturated rings. The first kappa shape index (κ1) is 21.4. The molecule has 0 spiro atoms. The first-order chi connectivity index (χ1) is 12.7. The molecule has 0 N–H and O–H groups in total. The van der Waals surface area contributed by atoms with Crippen molar-refractivity contribution in [3.05, 3.63) is 70.0 Å². The monoisotopic (exact) mass is 406 g/mol. The summed E-state index contributed by atoms with van der Waals surface area (Å²) >= 11 is 0. The number of hydrogen-bond donors (Lipinski definition) is 0. The molecular formula is C21H26O4S2. The van der Waals surface area contributed by atoms with Crippen molar-refractivity contribution in [1.82, 2.24) is 0 Å². The minimum Gasteiger partial charge on any atom is -0.219 e. The summed E-state index contributed by atoms with van der Waals surface area (Å²) in [5, 5.41) is 0.933. The van der Waals surface area contributed by atoms with Gasteiger partial charge in [0.15, 0.2) is 0 Å². The molecule has 2 rings (SSSR count). The normalized spacial score (nSPS) is 12.9. The fourth-order valence-electron chi connectivity index (χ4n) is 2.64. The lowest BCUT2D eigenvalue weighted by Gasteiger charge is -2.10. The summed E-state index contributed by atoms with van der Waals surface area (Å²) in [7, 11) is -7.72. The number of benzene rings is 2. The van der Waals surface area contributed by atoms with Crippen molar-refractivity contribution in [2.24, 2.45) is 0 Å². The van der Waals surface area contributed by atoms with Gasteiger partial charge in [-0.1, -0.05) is 55.2 Å². The van der Waals surface area contributed by atoms with Crippen LogP contribution in [0.3, 0.4) is 0 Å². The summed E-state index contributed by atoms with van der Waals surface area (Å²) in [5.74, 6) is 0. The van der Waals surface area contributed by atoms with Crippen molar-refractivity contribution in [2.45, 2.75) is 56.2 Å². The van der Waals surface area contributed by atoms with Crippen molar-refractivity contribution in [2.75, 3.05) is 0 Å². The molecule has 0 saturated heterocycles. The minimum absolute atomic E-state index is 0.0552. The second kappa shape index (κ2) is 8.85. The molecule has 0 amide bonds. The van der Waals surface area contributed by atoms with Gasteiger partial charge in [-0.2, -0.15) is 0 Å². The highest BCUT2D eigenvalue weighted by atomic mass is 32.2.